The highest BCUT2D eigenvalue weighted by atomic mass is 32.2. The van der Waals surface area contributed by atoms with Crippen molar-refractivity contribution in [2.75, 3.05) is 12.8 Å². The summed E-state index contributed by atoms with van der Waals surface area (Å²) in [7, 11) is -2.81. The molecule has 0 aromatic rings. The number of sulfone groups is 1. The molecule has 1 saturated heterocycles. The molecule has 0 aromatic heterocycles. The SMILES string of the molecule is CC1CCC(S(C)(=O)=O)CCN1. The molecule has 1 rings (SSSR count). The summed E-state index contributed by atoms with van der Waals surface area (Å²) in [5, 5.41) is 3.17. The molecule has 0 aliphatic carbocycles. The standard InChI is InChI=1S/C8H17NO2S/c1-7-3-4-8(5-6-9-7)12(2,10)11/h7-9H,3-6H2,1-2H3. The predicted molar refractivity (Wildman–Crippen MR) is 49.9 cm³/mol. The van der Waals surface area contributed by atoms with Gasteiger partial charge in [-0.25, -0.2) is 8.42 Å². The maximum absolute atomic E-state index is 11.2. The van der Waals surface area contributed by atoms with Crippen LogP contribution in [0.25, 0.3) is 0 Å². The third kappa shape index (κ3) is 2.75. The van der Waals surface area contributed by atoms with E-state index < -0.39 is 9.84 Å². The topological polar surface area (TPSA) is 46.2 Å². The number of hydrogen-bond acceptors (Lipinski definition) is 3. The molecule has 1 aliphatic heterocycles. The lowest BCUT2D eigenvalue weighted by Gasteiger charge is -2.10. The Morgan fingerprint density at radius 1 is 1.25 bits per heavy atom. The summed E-state index contributed by atoms with van der Waals surface area (Å²) in [6.07, 6.45) is 3.89. The lowest BCUT2D eigenvalue weighted by Crippen LogP contribution is -2.25. The molecule has 2 atom stereocenters. The number of hydrogen-bond donors (Lipinski definition) is 1. The van der Waals surface area contributed by atoms with E-state index in [1.165, 1.54) is 6.26 Å². The van der Waals surface area contributed by atoms with E-state index in [1.54, 1.807) is 0 Å². The van der Waals surface area contributed by atoms with Crippen molar-refractivity contribution < 1.29 is 8.42 Å². The summed E-state index contributed by atoms with van der Waals surface area (Å²) in [6, 6.07) is 0.469. The minimum Gasteiger partial charge on any atom is -0.314 e. The zero-order chi connectivity index (χ0) is 9.19. The van der Waals surface area contributed by atoms with E-state index in [9.17, 15) is 8.42 Å². The molecule has 0 bridgehead atoms. The maximum Gasteiger partial charge on any atom is 0.150 e. The summed E-state index contributed by atoms with van der Waals surface area (Å²) >= 11 is 0. The molecule has 1 fully saturated rings. The van der Waals surface area contributed by atoms with Gasteiger partial charge in [0.1, 0.15) is 9.84 Å². The van der Waals surface area contributed by atoms with Gasteiger partial charge in [-0.05, 0) is 32.7 Å². The fourth-order valence-corrected chi connectivity index (χ4v) is 2.71. The molecule has 0 spiro atoms. The Kier molecular flexibility index (Phi) is 3.12. The van der Waals surface area contributed by atoms with Crippen LogP contribution in [0.1, 0.15) is 26.2 Å². The van der Waals surface area contributed by atoms with Crippen LogP contribution in [-0.4, -0.2) is 32.5 Å². The normalized spacial score (nSPS) is 32.8. The van der Waals surface area contributed by atoms with Crippen LogP contribution in [0.15, 0.2) is 0 Å². The highest BCUT2D eigenvalue weighted by Crippen LogP contribution is 2.15. The first kappa shape index (κ1) is 9.99. The molecule has 1 heterocycles. The van der Waals surface area contributed by atoms with E-state index >= 15 is 0 Å². The average molecular weight is 191 g/mol. The van der Waals surface area contributed by atoms with E-state index in [2.05, 4.69) is 12.2 Å². The second-order valence-corrected chi connectivity index (χ2v) is 6.00. The molecule has 2 unspecified atom stereocenters. The van der Waals surface area contributed by atoms with Crippen molar-refractivity contribution in [2.24, 2.45) is 0 Å². The lowest BCUT2D eigenvalue weighted by molar-refractivity contribution is 0.548. The summed E-state index contributed by atoms with van der Waals surface area (Å²) in [6.45, 7) is 2.93. The van der Waals surface area contributed by atoms with Crippen LogP contribution in [0.5, 0.6) is 0 Å². The first-order chi connectivity index (χ1) is 5.50. The van der Waals surface area contributed by atoms with Crippen molar-refractivity contribution in [3.63, 3.8) is 0 Å². The van der Waals surface area contributed by atoms with Crippen LogP contribution in [-0.2, 0) is 9.84 Å². The smallest absolute Gasteiger partial charge is 0.150 e. The molecular weight excluding hydrogens is 174 g/mol. The average Bonchev–Trinajstić information content (AvgIpc) is 2.11. The van der Waals surface area contributed by atoms with Crippen LogP contribution >= 0.6 is 0 Å². The Bertz CT molecular complexity index is 235. The lowest BCUT2D eigenvalue weighted by atomic mass is 10.1. The quantitative estimate of drug-likeness (QED) is 0.659. The van der Waals surface area contributed by atoms with Crippen molar-refractivity contribution in [2.45, 2.75) is 37.5 Å². The third-order valence-corrected chi connectivity index (χ3v) is 4.17. The van der Waals surface area contributed by atoms with Gasteiger partial charge in [-0.15, -0.1) is 0 Å². The zero-order valence-electron chi connectivity index (χ0n) is 7.71. The van der Waals surface area contributed by atoms with Gasteiger partial charge in [0.2, 0.25) is 0 Å². The molecule has 72 valence electrons. The van der Waals surface area contributed by atoms with E-state index in [0.717, 1.165) is 25.8 Å². The van der Waals surface area contributed by atoms with Gasteiger partial charge in [-0.2, -0.15) is 0 Å². The number of nitrogens with one attached hydrogen (secondary N) is 1. The Balaban J connectivity index is 2.58. The van der Waals surface area contributed by atoms with E-state index in [4.69, 9.17) is 0 Å². The second kappa shape index (κ2) is 3.75. The molecule has 0 radical (unpaired) electrons. The molecule has 1 aliphatic rings. The maximum atomic E-state index is 11.2. The van der Waals surface area contributed by atoms with Crippen molar-refractivity contribution in [1.29, 1.82) is 0 Å². The molecule has 0 aromatic carbocycles. The highest BCUT2D eigenvalue weighted by molar-refractivity contribution is 7.91. The minimum absolute atomic E-state index is 0.116. The van der Waals surface area contributed by atoms with Crippen LogP contribution in [0.3, 0.4) is 0 Å². The van der Waals surface area contributed by atoms with Crippen LogP contribution < -0.4 is 5.32 Å². The molecule has 0 saturated carbocycles. The van der Waals surface area contributed by atoms with Crippen molar-refractivity contribution >= 4 is 9.84 Å². The Labute approximate surface area is 74.5 Å². The van der Waals surface area contributed by atoms with Gasteiger partial charge >= 0.3 is 0 Å². The van der Waals surface area contributed by atoms with E-state index in [0.29, 0.717) is 6.04 Å². The largest absolute Gasteiger partial charge is 0.314 e. The van der Waals surface area contributed by atoms with Gasteiger partial charge in [-0.1, -0.05) is 0 Å². The third-order valence-electron chi connectivity index (χ3n) is 2.49. The fraction of sp³-hybridized carbons (Fsp3) is 1.00. The molecule has 4 heteroatoms. The van der Waals surface area contributed by atoms with Gasteiger partial charge in [0.05, 0.1) is 5.25 Å². The monoisotopic (exact) mass is 191 g/mol. The van der Waals surface area contributed by atoms with Gasteiger partial charge in [0, 0.05) is 12.3 Å². The first-order valence-electron chi connectivity index (χ1n) is 4.42. The summed E-state index contributed by atoms with van der Waals surface area (Å²) in [5.41, 5.74) is 0. The first-order valence-corrected chi connectivity index (χ1v) is 6.38. The summed E-state index contributed by atoms with van der Waals surface area (Å²) in [5.74, 6) is 0. The van der Waals surface area contributed by atoms with E-state index in [-0.39, 0.29) is 5.25 Å². The van der Waals surface area contributed by atoms with Crippen molar-refractivity contribution in [3.8, 4) is 0 Å². The van der Waals surface area contributed by atoms with Gasteiger partial charge in [0.25, 0.3) is 0 Å². The minimum atomic E-state index is -2.81. The molecule has 12 heavy (non-hydrogen) atoms. The molecule has 1 N–H and O–H groups in total. The van der Waals surface area contributed by atoms with Gasteiger partial charge in [0.15, 0.2) is 0 Å². The van der Waals surface area contributed by atoms with Crippen molar-refractivity contribution in [3.05, 3.63) is 0 Å². The van der Waals surface area contributed by atoms with E-state index in [1.807, 2.05) is 0 Å². The number of rotatable bonds is 1. The van der Waals surface area contributed by atoms with Crippen LogP contribution in [0.2, 0.25) is 0 Å². The summed E-state index contributed by atoms with van der Waals surface area (Å²) < 4.78 is 22.4. The Hall–Kier alpha value is -0.0900. The summed E-state index contributed by atoms with van der Waals surface area (Å²) in [4.78, 5) is 0. The fourth-order valence-electron chi connectivity index (χ4n) is 1.60. The second-order valence-electron chi connectivity index (χ2n) is 3.67. The van der Waals surface area contributed by atoms with Gasteiger partial charge < -0.3 is 5.32 Å². The van der Waals surface area contributed by atoms with Gasteiger partial charge in [-0.3, -0.25) is 0 Å². The molecule has 3 nitrogen and oxygen atoms in total. The van der Waals surface area contributed by atoms with Crippen LogP contribution in [0, 0.1) is 0 Å². The Morgan fingerprint density at radius 2 is 1.92 bits per heavy atom. The zero-order valence-corrected chi connectivity index (χ0v) is 8.52. The van der Waals surface area contributed by atoms with Crippen LogP contribution in [0.4, 0.5) is 0 Å². The highest BCUT2D eigenvalue weighted by Gasteiger charge is 2.23. The molecule has 0 amide bonds. The van der Waals surface area contributed by atoms with Crippen molar-refractivity contribution in [1.82, 2.24) is 5.32 Å². The molecular formula is C8H17NO2S. The predicted octanol–water partition coefficient (Wildman–Crippen LogP) is 0.562. The Morgan fingerprint density at radius 3 is 2.50 bits per heavy atom.